The molecule has 0 aromatic carbocycles. The molecule has 0 spiro atoms. The van der Waals surface area contributed by atoms with E-state index >= 15 is 0 Å². The van der Waals surface area contributed by atoms with Crippen molar-refractivity contribution in [2.24, 2.45) is 0 Å². The number of aliphatic hydroxyl groups excluding tert-OH is 1. The quantitative estimate of drug-likeness (QED) is 0.875. The summed E-state index contributed by atoms with van der Waals surface area (Å²) in [4.78, 5) is 4.49. The lowest BCUT2D eigenvalue weighted by atomic mass is 10.3. The predicted octanol–water partition coefficient (Wildman–Crippen LogP) is 0.415. The van der Waals surface area contributed by atoms with Gasteiger partial charge in [-0.05, 0) is 15.9 Å². The summed E-state index contributed by atoms with van der Waals surface area (Å²) in [6, 6.07) is 0. The lowest BCUT2D eigenvalue weighted by Crippen LogP contribution is -2.47. The number of rotatable bonds is 3. The van der Waals surface area contributed by atoms with Crippen molar-refractivity contribution in [3.63, 3.8) is 0 Å². The van der Waals surface area contributed by atoms with Crippen LogP contribution in [0.25, 0.3) is 0 Å². The molecule has 1 N–H and O–H groups in total. The molecule has 0 unspecified atom stereocenters. The first kappa shape index (κ1) is 11.3. The molecule has 7 heteroatoms. The Morgan fingerprint density at radius 1 is 1.27 bits per heavy atom. The van der Waals surface area contributed by atoms with E-state index < -0.39 is 0 Å². The number of hydrogen-bond acceptors (Lipinski definition) is 6. The standard InChI is InChI=1S/C8H13BrN4OS/c9-7-10-11-8(15-7)13-3-1-12(2-4-13)5-6-14/h14H,1-6H2. The van der Waals surface area contributed by atoms with Crippen LogP contribution in [-0.4, -0.2) is 59.5 Å². The summed E-state index contributed by atoms with van der Waals surface area (Å²) in [5.41, 5.74) is 0. The van der Waals surface area contributed by atoms with Gasteiger partial charge in [0.1, 0.15) is 0 Å². The zero-order valence-corrected chi connectivity index (χ0v) is 10.7. The highest BCUT2D eigenvalue weighted by Crippen LogP contribution is 2.24. The van der Waals surface area contributed by atoms with Crippen LogP contribution in [0, 0.1) is 0 Å². The van der Waals surface area contributed by atoms with Gasteiger partial charge in [0.05, 0.1) is 6.61 Å². The van der Waals surface area contributed by atoms with Gasteiger partial charge in [0.25, 0.3) is 0 Å². The van der Waals surface area contributed by atoms with Gasteiger partial charge in [0.2, 0.25) is 5.13 Å². The van der Waals surface area contributed by atoms with E-state index in [4.69, 9.17) is 5.11 Å². The van der Waals surface area contributed by atoms with Crippen molar-refractivity contribution in [1.29, 1.82) is 0 Å². The van der Waals surface area contributed by atoms with Gasteiger partial charge in [0, 0.05) is 32.7 Å². The van der Waals surface area contributed by atoms with Crippen molar-refractivity contribution in [3.8, 4) is 0 Å². The molecule has 5 nitrogen and oxygen atoms in total. The molecule has 0 amide bonds. The number of nitrogens with zero attached hydrogens (tertiary/aromatic N) is 4. The molecular weight excluding hydrogens is 280 g/mol. The molecule has 1 aliphatic rings. The van der Waals surface area contributed by atoms with Gasteiger partial charge < -0.3 is 10.0 Å². The topological polar surface area (TPSA) is 52.5 Å². The van der Waals surface area contributed by atoms with E-state index in [2.05, 4.69) is 35.9 Å². The average Bonchev–Trinajstić information content (AvgIpc) is 2.67. The highest BCUT2D eigenvalue weighted by atomic mass is 79.9. The molecule has 0 atom stereocenters. The number of hydrogen-bond donors (Lipinski definition) is 1. The van der Waals surface area contributed by atoms with Crippen LogP contribution in [0.1, 0.15) is 0 Å². The van der Waals surface area contributed by atoms with Crippen LogP contribution < -0.4 is 4.90 Å². The summed E-state index contributed by atoms with van der Waals surface area (Å²) in [6.45, 7) is 4.90. The monoisotopic (exact) mass is 292 g/mol. The first-order chi connectivity index (χ1) is 7.29. The summed E-state index contributed by atoms with van der Waals surface area (Å²) in [6.07, 6.45) is 0. The van der Waals surface area contributed by atoms with Gasteiger partial charge in [-0.15, -0.1) is 10.2 Å². The summed E-state index contributed by atoms with van der Waals surface area (Å²) < 4.78 is 0.829. The number of anilines is 1. The molecule has 1 saturated heterocycles. The van der Waals surface area contributed by atoms with Crippen molar-refractivity contribution >= 4 is 32.4 Å². The molecule has 1 aliphatic heterocycles. The number of aliphatic hydroxyl groups is 1. The van der Waals surface area contributed by atoms with E-state index in [1.165, 1.54) is 0 Å². The van der Waals surface area contributed by atoms with E-state index in [1.54, 1.807) is 11.3 Å². The number of aromatic nitrogens is 2. The largest absolute Gasteiger partial charge is 0.395 e. The van der Waals surface area contributed by atoms with Gasteiger partial charge in [-0.3, -0.25) is 4.90 Å². The van der Waals surface area contributed by atoms with Crippen molar-refractivity contribution in [2.45, 2.75) is 0 Å². The minimum Gasteiger partial charge on any atom is -0.395 e. The van der Waals surface area contributed by atoms with E-state index in [0.717, 1.165) is 41.8 Å². The average molecular weight is 293 g/mol. The summed E-state index contributed by atoms with van der Waals surface area (Å²) >= 11 is 4.87. The SMILES string of the molecule is OCCN1CCN(c2nnc(Br)s2)CC1. The fourth-order valence-corrected chi connectivity index (χ4v) is 2.77. The lowest BCUT2D eigenvalue weighted by molar-refractivity contribution is 0.188. The van der Waals surface area contributed by atoms with Crippen LogP contribution in [0.3, 0.4) is 0 Å². The fraction of sp³-hybridized carbons (Fsp3) is 0.750. The predicted molar refractivity (Wildman–Crippen MR) is 63.3 cm³/mol. The Morgan fingerprint density at radius 2 is 2.00 bits per heavy atom. The number of β-amino-alcohol motifs (C(OH)–C–C–N with tert-alkyl or cyclic N) is 1. The maximum atomic E-state index is 8.82. The van der Waals surface area contributed by atoms with Crippen molar-refractivity contribution in [2.75, 3.05) is 44.2 Å². The third kappa shape index (κ3) is 2.87. The zero-order valence-electron chi connectivity index (χ0n) is 8.26. The lowest BCUT2D eigenvalue weighted by Gasteiger charge is -2.33. The molecule has 1 aromatic rings. The van der Waals surface area contributed by atoms with Gasteiger partial charge >= 0.3 is 0 Å². The van der Waals surface area contributed by atoms with Gasteiger partial charge in [-0.25, -0.2) is 0 Å². The van der Waals surface area contributed by atoms with Crippen LogP contribution in [0.2, 0.25) is 0 Å². The third-order valence-electron chi connectivity index (χ3n) is 2.45. The molecule has 0 radical (unpaired) electrons. The molecule has 0 bridgehead atoms. The van der Waals surface area contributed by atoms with E-state index in [0.29, 0.717) is 0 Å². The summed E-state index contributed by atoms with van der Waals surface area (Å²) in [7, 11) is 0. The minimum absolute atomic E-state index is 0.240. The van der Waals surface area contributed by atoms with Crippen molar-refractivity contribution in [1.82, 2.24) is 15.1 Å². The molecule has 2 rings (SSSR count). The van der Waals surface area contributed by atoms with E-state index in [9.17, 15) is 0 Å². The Bertz CT molecular complexity index is 313. The summed E-state index contributed by atoms with van der Waals surface area (Å²) in [5, 5.41) is 17.8. The van der Waals surface area contributed by atoms with Crippen LogP contribution in [-0.2, 0) is 0 Å². The van der Waals surface area contributed by atoms with E-state index in [-0.39, 0.29) is 6.61 Å². The maximum Gasteiger partial charge on any atom is 0.209 e. The van der Waals surface area contributed by atoms with Crippen LogP contribution in [0.15, 0.2) is 3.92 Å². The number of piperazine rings is 1. The fourth-order valence-electron chi connectivity index (χ4n) is 1.63. The minimum atomic E-state index is 0.240. The zero-order chi connectivity index (χ0) is 10.7. The summed E-state index contributed by atoms with van der Waals surface area (Å²) in [5.74, 6) is 0. The maximum absolute atomic E-state index is 8.82. The van der Waals surface area contributed by atoms with Crippen molar-refractivity contribution in [3.05, 3.63) is 3.92 Å². The molecule has 15 heavy (non-hydrogen) atoms. The van der Waals surface area contributed by atoms with E-state index in [1.807, 2.05) is 0 Å². The Hall–Kier alpha value is -0.240. The molecular formula is C8H13BrN4OS. The normalized spacial score (nSPS) is 18.4. The Kier molecular flexibility index (Phi) is 3.90. The van der Waals surface area contributed by atoms with Crippen LogP contribution in [0.4, 0.5) is 5.13 Å². The van der Waals surface area contributed by atoms with Gasteiger partial charge in [-0.2, -0.15) is 0 Å². The molecule has 2 heterocycles. The smallest absolute Gasteiger partial charge is 0.209 e. The first-order valence-electron chi connectivity index (χ1n) is 4.87. The highest BCUT2D eigenvalue weighted by Gasteiger charge is 2.19. The number of halogens is 1. The van der Waals surface area contributed by atoms with Gasteiger partial charge in [0.15, 0.2) is 3.92 Å². The second kappa shape index (κ2) is 5.20. The molecule has 0 saturated carbocycles. The van der Waals surface area contributed by atoms with Crippen LogP contribution >= 0.6 is 27.3 Å². The second-order valence-corrected chi connectivity index (χ2v) is 5.62. The van der Waals surface area contributed by atoms with Crippen LogP contribution in [0.5, 0.6) is 0 Å². The highest BCUT2D eigenvalue weighted by molar-refractivity contribution is 9.11. The molecule has 0 aliphatic carbocycles. The van der Waals surface area contributed by atoms with Gasteiger partial charge in [-0.1, -0.05) is 11.3 Å². The Morgan fingerprint density at radius 3 is 2.53 bits per heavy atom. The molecule has 1 aromatic heterocycles. The van der Waals surface area contributed by atoms with Crippen molar-refractivity contribution < 1.29 is 5.11 Å². The Labute approximate surface area is 101 Å². The Balaban J connectivity index is 1.88. The molecule has 84 valence electrons. The first-order valence-corrected chi connectivity index (χ1v) is 6.47. The molecule has 1 fully saturated rings. The second-order valence-electron chi connectivity index (χ2n) is 3.39. The third-order valence-corrected chi connectivity index (χ3v) is 3.87.